The van der Waals surface area contributed by atoms with Crippen LogP contribution < -0.4 is 0 Å². The van der Waals surface area contributed by atoms with Crippen LogP contribution in [0.15, 0.2) is 0 Å². The molecule has 0 spiro atoms. The summed E-state index contributed by atoms with van der Waals surface area (Å²) in [6.07, 6.45) is 0. The number of rotatable bonds is 4. The molecule has 0 fully saturated rings. The van der Waals surface area contributed by atoms with E-state index in [0.717, 1.165) is 0 Å². The first-order valence-electron chi connectivity index (χ1n) is 4.55. The van der Waals surface area contributed by atoms with Crippen molar-refractivity contribution in [3.8, 4) is 0 Å². The van der Waals surface area contributed by atoms with E-state index in [-0.39, 0.29) is 0 Å². The molecule has 0 aliphatic heterocycles. The van der Waals surface area contributed by atoms with Crippen LogP contribution in [0.5, 0.6) is 0 Å². The van der Waals surface area contributed by atoms with Crippen molar-refractivity contribution >= 4 is 76.1 Å². The summed E-state index contributed by atoms with van der Waals surface area (Å²) in [5.41, 5.74) is 0. The molecule has 0 bridgehead atoms. The fourth-order valence-electron chi connectivity index (χ4n) is 1.34. The van der Waals surface area contributed by atoms with Gasteiger partial charge in [0.25, 0.3) is 0 Å². The molecule has 0 saturated carbocycles. The summed E-state index contributed by atoms with van der Waals surface area (Å²) < 4.78 is 0.269. The van der Waals surface area contributed by atoms with Crippen molar-refractivity contribution < 1.29 is 6.35 Å². The van der Waals surface area contributed by atoms with Gasteiger partial charge >= 0.3 is 78.0 Å². The van der Waals surface area contributed by atoms with E-state index in [1.54, 1.807) is 0 Å². The number of hydrogen-bond acceptors (Lipinski definition) is 0. The van der Waals surface area contributed by atoms with Crippen LogP contribution in [0.2, 0.25) is 0 Å². The maximum atomic E-state index is 2.51. The number of halogens is 4. The molecule has 0 radical (unpaired) electrons. The first-order chi connectivity index (χ1) is 6.24. The third-order valence-electron chi connectivity index (χ3n) is 2.68. The fourth-order valence-corrected chi connectivity index (χ4v) is 1.34. The van der Waals surface area contributed by atoms with E-state index in [2.05, 4.69) is 104 Å². The van der Waals surface area contributed by atoms with Crippen molar-refractivity contribution in [3.63, 3.8) is 0 Å². The van der Waals surface area contributed by atoms with Gasteiger partial charge < -0.3 is 4.48 Å². The molecule has 0 aliphatic rings. The number of hydrogen-bond donors (Lipinski definition) is 0. The van der Waals surface area contributed by atoms with Gasteiger partial charge in [0.2, 0.25) is 0 Å². The molecular weight excluding hydrogens is 815 g/mol. The summed E-state index contributed by atoms with van der Waals surface area (Å²) in [6.45, 7) is 14.2. The molecule has 0 aromatic carbocycles. The second-order valence-electron chi connectivity index (χ2n) is 2.86. The van der Waals surface area contributed by atoms with Gasteiger partial charge in [-0.25, -0.2) is 0 Å². The SMILES string of the molecule is CC[N+](CC)(CC)CC.[I][Au-]([I])([I])[I]. The Kier molecular flexibility index (Phi) is 15.0. The van der Waals surface area contributed by atoms with Crippen LogP contribution in [-0.2, 0) is 1.87 Å². The fraction of sp³-hybridized carbons (Fsp3) is 1.00. The molecule has 0 unspecified atom stereocenters. The molecular formula is C8H20AuI4N. The summed E-state index contributed by atoms with van der Waals surface area (Å²) in [5, 5.41) is 0. The molecule has 0 N–H and O–H groups in total. The Hall–Kier alpha value is 3.62. The zero-order valence-electron chi connectivity index (χ0n) is 9.09. The van der Waals surface area contributed by atoms with E-state index < -0.39 is 1.87 Å². The molecule has 0 aromatic rings. The van der Waals surface area contributed by atoms with Crippen LogP contribution in [0.3, 0.4) is 0 Å². The first kappa shape index (κ1) is 19.9. The van der Waals surface area contributed by atoms with Gasteiger partial charge in [-0.15, -0.1) is 0 Å². The Balaban J connectivity index is 0. The Morgan fingerprint density at radius 3 is 0.857 bits per heavy atom. The van der Waals surface area contributed by atoms with Crippen molar-refractivity contribution in [1.29, 1.82) is 0 Å². The third-order valence-corrected chi connectivity index (χ3v) is 2.68. The minimum absolute atomic E-state index is 1.01. The van der Waals surface area contributed by atoms with Gasteiger partial charge in [-0.2, -0.15) is 0 Å². The normalized spacial score (nSPS) is 13.1. The molecule has 96 valence electrons. The number of nitrogens with zero attached hydrogens (tertiary/aromatic N) is 1. The van der Waals surface area contributed by atoms with Crippen LogP contribution in [0.1, 0.15) is 27.7 Å². The minimum atomic E-state index is -1.01. The molecule has 0 heterocycles. The molecule has 0 aromatic heterocycles. The Morgan fingerprint density at radius 1 is 0.714 bits per heavy atom. The predicted molar refractivity (Wildman–Crippen MR) is 98.5 cm³/mol. The molecule has 1 nitrogen and oxygen atoms in total. The zero-order valence-corrected chi connectivity index (χ0v) is 19.9. The van der Waals surface area contributed by atoms with Crippen molar-refractivity contribution in [1.82, 2.24) is 0 Å². The standard InChI is InChI=1S/C8H20N.Au.4HI/c1-5-9(6-2,7-3)8-4;;;;;/h5-8H2,1-4H3;;4*1H/q+1;+3;;;;/p-4. The van der Waals surface area contributed by atoms with E-state index >= 15 is 0 Å². The molecule has 0 saturated heterocycles. The first-order valence-corrected chi connectivity index (χ1v) is 29.1. The van der Waals surface area contributed by atoms with E-state index in [1.165, 1.54) is 30.7 Å². The summed E-state index contributed by atoms with van der Waals surface area (Å²) in [5.74, 6) is 0. The zero-order chi connectivity index (χ0) is 11.8. The summed E-state index contributed by atoms with van der Waals surface area (Å²) in [6, 6.07) is 0. The van der Waals surface area contributed by atoms with E-state index in [9.17, 15) is 0 Å². The molecule has 0 amide bonds. The van der Waals surface area contributed by atoms with Crippen molar-refractivity contribution in [3.05, 3.63) is 0 Å². The van der Waals surface area contributed by atoms with Crippen LogP contribution in [0, 0.1) is 0 Å². The van der Waals surface area contributed by atoms with Gasteiger partial charge in [0.15, 0.2) is 0 Å². The van der Waals surface area contributed by atoms with Crippen LogP contribution in [0.4, 0.5) is 0 Å². The maximum absolute atomic E-state index is 2.51. The van der Waals surface area contributed by atoms with E-state index in [1.807, 2.05) is 0 Å². The average molecular weight is 835 g/mol. The quantitative estimate of drug-likeness (QED) is 0.202. The molecule has 0 aliphatic carbocycles. The topological polar surface area (TPSA) is 0 Å². The molecule has 0 atom stereocenters. The van der Waals surface area contributed by atoms with Crippen LogP contribution in [-0.4, -0.2) is 30.7 Å². The summed E-state index contributed by atoms with van der Waals surface area (Å²) in [7, 11) is 0. The van der Waals surface area contributed by atoms with Gasteiger partial charge in [0.1, 0.15) is 0 Å². The summed E-state index contributed by atoms with van der Waals surface area (Å²) >= 11 is 10.0. The van der Waals surface area contributed by atoms with Crippen molar-refractivity contribution in [2.24, 2.45) is 0 Å². The Morgan fingerprint density at radius 2 is 0.857 bits per heavy atom. The average Bonchev–Trinajstić information content (AvgIpc) is 2.07. The van der Waals surface area contributed by atoms with E-state index in [4.69, 9.17) is 0 Å². The van der Waals surface area contributed by atoms with Gasteiger partial charge in [-0.05, 0) is 27.7 Å². The second kappa shape index (κ2) is 10.5. The molecule has 14 heavy (non-hydrogen) atoms. The van der Waals surface area contributed by atoms with Gasteiger partial charge in [0.05, 0.1) is 26.2 Å². The Labute approximate surface area is 133 Å². The summed E-state index contributed by atoms with van der Waals surface area (Å²) in [4.78, 5) is 0. The van der Waals surface area contributed by atoms with Gasteiger partial charge in [0, 0.05) is 0 Å². The van der Waals surface area contributed by atoms with Gasteiger partial charge in [-0.3, -0.25) is 0 Å². The third kappa shape index (κ3) is 13.7. The predicted octanol–water partition coefficient (Wildman–Crippen LogP) is 5.42. The molecule has 6 heteroatoms. The Bertz CT molecular complexity index is 110. The van der Waals surface area contributed by atoms with Crippen molar-refractivity contribution in [2.75, 3.05) is 26.2 Å². The van der Waals surface area contributed by atoms with Crippen LogP contribution in [0.25, 0.3) is 0 Å². The van der Waals surface area contributed by atoms with Gasteiger partial charge in [-0.1, -0.05) is 0 Å². The number of quaternary nitrogens is 1. The van der Waals surface area contributed by atoms with E-state index in [0.29, 0.717) is 0 Å². The second-order valence-corrected chi connectivity index (χ2v) is 97.8. The monoisotopic (exact) mass is 835 g/mol. The van der Waals surface area contributed by atoms with Crippen LogP contribution >= 0.6 is 76.1 Å². The van der Waals surface area contributed by atoms with Crippen molar-refractivity contribution in [2.45, 2.75) is 27.7 Å². The molecule has 0 rings (SSSR count).